The third kappa shape index (κ3) is 25.4. The Morgan fingerprint density at radius 2 is 0.974 bits per heavy atom. The Labute approximate surface area is 251 Å². The highest BCUT2D eigenvalue weighted by Gasteiger charge is 2.44. The highest BCUT2D eigenvalue weighted by molar-refractivity contribution is 6.89. The van der Waals surface area contributed by atoms with Crippen molar-refractivity contribution in [2.24, 2.45) is 11.5 Å². The van der Waals surface area contributed by atoms with E-state index in [4.69, 9.17) is 32.0 Å². The van der Waals surface area contributed by atoms with Crippen molar-refractivity contribution >= 4 is 59.1 Å². The summed E-state index contributed by atoms with van der Waals surface area (Å²) < 4.78 is 32.1. The van der Waals surface area contributed by atoms with Crippen molar-refractivity contribution in [2.45, 2.75) is 136 Å². The Balaban J connectivity index is 0. The molecule has 0 amide bonds. The number of nitrogens with one attached hydrogen (secondary N) is 1. The summed E-state index contributed by atoms with van der Waals surface area (Å²) in [5.41, 5.74) is 11.3. The molecule has 0 saturated heterocycles. The van der Waals surface area contributed by atoms with Gasteiger partial charge in [-0.25, -0.2) is 0 Å². The van der Waals surface area contributed by atoms with Gasteiger partial charge in [-0.05, 0) is 149 Å². The van der Waals surface area contributed by atoms with Gasteiger partial charge >= 0.3 is 25.7 Å². The van der Waals surface area contributed by atoms with Crippen LogP contribution in [0.2, 0.25) is 110 Å². The van der Waals surface area contributed by atoms with E-state index in [9.17, 15) is 0 Å². The number of hydrogen-bond acceptors (Lipinski definition) is 8. The molecule has 238 valence electrons. The molecular formula is C24H69N3O5Si7. The highest BCUT2D eigenvalue weighted by atomic mass is 28.5. The van der Waals surface area contributed by atoms with Gasteiger partial charge < -0.3 is 37.0 Å². The smallest absolute Gasteiger partial charge is 0.315 e. The molecule has 15 heteroatoms. The Hall–Kier alpha value is 1.20. The predicted octanol–water partition coefficient (Wildman–Crippen LogP) is 6.81. The van der Waals surface area contributed by atoms with E-state index < -0.39 is 59.1 Å². The van der Waals surface area contributed by atoms with Crippen LogP contribution in [0.4, 0.5) is 0 Å². The largest absolute Gasteiger partial charge is 0.437 e. The van der Waals surface area contributed by atoms with Gasteiger partial charge in [0.15, 0.2) is 25.0 Å². The van der Waals surface area contributed by atoms with Crippen molar-refractivity contribution in [3.05, 3.63) is 0 Å². The van der Waals surface area contributed by atoms with Gasteiger partial charge in [0.2, 0.25) is 0 Å². The van der Waals surface area contributed by atoms with Crippen LogP contribution in [0.15, 0.2) is 0 Å². The normalized spacial score (nSPS) is 15.5. The molecule has 0 spiro atoms. The van der Waals surface area contributed by atoms with Crippen LogP contribution in [0.5, 0.6) is 0 Å². The monoisotopic (exact) mass is 675 g/mol. The summed E-state index contributed by atoms with van der Waals surface area (Å²) in [6.45, 7) is 37.7. The van der Waals surface area contributed by atoms with Crippen molar-refractivity contribution < 1.29 is 20.6 Å². The van der Waals surface area contributed by atoms with Gasteiger partial charge in [0.25, 0.3) is 8.48 Å². The van der Waals surface area contributed by atoms with E-state index in [2.05, 4.69) is 110 Å². The maximum atomic E-state index is 6.53. The van der Waals surface area contributed by atoms with E-state index >= 15 is 0 Å². The third-order valence-corrected chi connectivity index (χ3v) is 29.6. The lowest BCUT2D eigenvalue weighted by molar-refractivity contribution is 0.323. The molecule has 0 radical (unpaired) electrons. The fourth-order valence-corrected chi connectivity index (χ4v) is 36.2. The molecule has 0 bridgehead atoms. The summed E-state index contributed by atoms with van der Waals surface area (Å²) in [6, 6.07) is 2.08. The third-order valence-electron chi connectivity index (χ3n) is 5.18. The summed E-state index contributed by atoms with van der Waals surface area (Å²) in [4.78, 5) is 3.56. The molecule has 0 fully saturated rings. The summed E-state index contributed by atoms with van der Waals surface area (Å²) >= 11 is 0. The van der Waals surface area contributed by atoms with Crippen LogP contribution < -0.4 is 16.4 Å². The SMILES string of the molecule is CCCN[Si](C)(C)O[Si](C)(C)O[Si](C)(C)CCCN.C[Si](C)(C)O[Si](C)(C)O[Si](C)(CCCN)O[Si](C)(C)C. The fraction of sp³-hybridized carbons (Fsp3) is 1.00. The van der Waals surface area contributed by atoms with Crippen LogP contribution in [0.3, 0.4) is 0 Å². The van der Waals surface area contributed by atoms with Crippen LogP contribution in [-0.2, 0) is 20.6 Å². The van der Waals surface area contributed by atoms with E-state index in [1.807, 2.05) is 0 Å². The van der Waals surface area contributed by atoms with Gasteiger partial charge in [-0.2, -0.15) is 0 Å². The fourth-order valence-electron chi connectivity index (χ4n) is 4.81. The van der Waals surface area contributed by atoms with Gasteiger partial charge in [0, 0.05) is 0 Å². The maximum absolute atomic E-state index is 6.53. The Bertz CT molecular complexity index is 651. The zero-order valence-corrected chi connectivity index (χ0v) is 35.9. The van der Waals surface area contributed by atoms with Crippen molar-refractivity contribution in [3.63, 3.8) is 0 Å². The van der Waals surface area contributed by atoms with Crippen LogP contribution in [0, 0.1) is 0 Å². The first kappa shape index (κ1) is 42.3. The van der Waals surface area contributed by atoms with Gasteiger partial charge in [-0.1, -0.05) is 6.92 Å². The zero-order valence-electron chi connectivity index (χ0n) is 28.9. The van der Waals surface area contributed by atoms with E-state index in [-0.39, 0.29) is 0 Å². The van der Waals surface area contributed by atoms with Gasteiger partial charge in [0.05, 0.1) is 0 Å². The lowest BCUT2D eigenvalue weighted by Crippen LogP contribution is -2.58. The van der Waals surface area contributed by atoms with E-state index in [1.54, 1.807) is 0 Å². The minimum absolute atomic E-state index is 0.692. The molecule has 1 atom stereocenters. The topological polar surface area (TPSA) is 110 Å². The van der Waals surface area contributed by atoms with Gasteiger partial charge in [-0.15, -0.1) is 0 Å². The highest BCUT2D eigenvalue weighted by Crippen LogP contribution is 2.27. The molecule has 0 saturated carbocycles. The summed E-state index contributed by atoms with van der Waals surface area (Å²) in [6.07, 6.45) is 3.16. The number of rotatable bonds is 19. The lowest BCUT2D eigenvalue weighted by atomic mass is 10.5. The zero-order chi connectivity index (χ0) is 31.4. The molecule has 0 rings (SSSR count). The molecule has 0 aromatic carbocycles. The quantitative estimate of drug-likeness (QED) is 0.128. The summed E-state index contributed by atoms with van der Waals surface area (Å²) in [5.74, 6) is 0. The second-order valence-corrected chi connectivity index (χ2v) is 42.9. The van der Waals surface area contributed by atoms with Crippen molar-refractivity contribution in [2.75, 3.05) is 19.6 Å². The van der Waals surface area contributed by atoms with E-state index in [0.29, 0.717) is 6.54 Å². The first-order valence-corrected chi connectivity index (χ1v) is 35.9. The van der Waals surface area contributed by atoms with Gasteiger partial charge in [0.1, 0.15) is 0 Å². The Morgan fingerprint density at radius 3 is 1.38 bits per heavy atom. The van der Waals surface area contributed by atoms with Crippen molar-refractivity contribution in [3.8, 4) is 0 Å². The molecule has 0 aliphatic heterocycles. The molecule has 39 heavy (non-hydrogen) atoms. The molecule has 0 aromatic heterocycles. The van der Waals surface area contributed by atoms with Gasteiger partial charge in [-0.3, -0.25) is 0 Å². The first-order chi connectivity index (χ1) is 17.2. The Morgan fingerprint density at radius 1 is 0.538 bits per heavy atom. The standard InChI is InChI=1S/C12H34N2O2Si3.C12H35NO3Si4/c1-8-11-14-18(4,5)16-19(6,7)15-17(2,3)12-9-10-13;1-17(2,3)14-19(7,8)16-20(9,12-10-11-13)15-18(4,5)6/h14H,8-13H2,1-7H3;10-13H2,1-9H3. The van der Waals surface area contributed by atoms with Crippen LogP contribution >= 0.6 is 0 Å². The molecule has 8 nitrogen and oxygen atoms in total. The number of nitrogens with two attached hydrogens (primary N) is 2. The molecule has 0 heterocycles. The Kier molecular flexibility index (Phi) is 19.0. The molecule has 5 N–H and O–H groups in total. The second-order valence-electron chi connectivity index (χ2n) is 14.6. The second kappa shape index (κ2) is 17.5. The average Bonchev–Trinajstić information content (AvgIpc) is 2.64. The average molecular weight is 676 g/mol. The summed E-state index contributed by atoms with van der Waals surface area (Å²) in [5, 5.41) is 0. The van der Waals surface area contributed by atoms with E-state index in [0.717, 1.165) is 44.4 Å². The first-order valence-electron chi connectivity index (χ1n) is 14.9. The minimum Gasteiger partial charge on any atom is -0.437 e. The van der Waals surface area contributed by atoms with Crippen LogP contribution in [0.1, 0.15) is 26.2 Å². The van der Waals surface area contributed by atoms with Crippen LogP contribution in [0.25, 0.3) is 0 Å². The molecule has 1 unspecified atom stereocenters. The van der Waals surface area contributed by atoms with Crippen molar-refractivity contribution in [1.82, 2.24) is 4.98 Å². The predicted molar refractivity (Wildman–Crippen MR) is 189 cm³/mol. The lowest BCUT2D eigenvalue weighted by Gasteiger charge is -2.41. The summed E-state index contributed by atoms with van der Waals surface area (Å²) in [7, 11) is -13.1. The maximum Gasteiger partial charge on any atom is 0.315 e. The van der Waals surface area contributed by atoms with Crippen molar-refractivity contribution in [1.29, 1.82) is 0 Å². The molecule has 0 aliphatic rings. The molecule has 0 aromatic rings. The number of hydrogen-bond donors (Lipinski definition) is 3. The van der Waals surface area contributed by atoms with Crippen LogP contribution in [-0.4, -0.2) is 78.7 Å². The van der Waals surface area contributed by atoms with E-state index in [1.165, 1.54) is 0 Å². The molecular weight excluding hydrogens is 607 g/mol. The molecule has 0 aliphatic carbocycles. The minimum atomic E-state index is -2.20.